The fourth-order valence-electron chi connectivity index (χ4n) is 2.55. The van der Waals surface area contributed by atoms with E-state index in [0.717, 1.165) is 22.4 Å². The van der Waals surface area contributed by atoms with Gasteiger partial charge in [-0.3, -0.25) is 4.79 Å². The van der Waals surface area contributed by atoms with Crippen LogP contribution in [0.3, 0.4) is 0 Å². The number of rotatable bonds is 4. The number of halogens is 1. The molecule has 1 aromatic heterocycles. The van der Waals surface area contributed by atoms with Gasteiger partial charge in [0.1, 0.15) is 11.9 Å². The minimum atomic E-state index is -0.321. The van der Waals surface area contributed by atoms with Crippen LogP contribution in [0.4, 0.5) is 0 Å². The van der Waals surface area contributed by atoms with Crippen LogP contribution < -0.4 is 0 Å². The maximum atomic E-state index is 12.5. The molecule has 0 N–H and O–H groups in total. The number of alkyl halides is 1. The number of likely N-dealkylation sites (N-methyl/N-ethyl adjacent to an activating group) is 1. The summed E-state index contributed by atoms with van der Waals surface area (Å²) in [6.07, 6.45) is 0. The minimum Gasteiger partial charge on any atom is -0.344 e. The molecule has 0 aliphatic rings. The molecule has 0 bridgehead atoms. The van der Waals surface area contributed by atoms with Crippen molar-refractivity contribution in [2.24, 2.45) is 0 Å². The summed E-state index contributed by atoms with van der Waals surface area (Å²) in [4.78, 5) is 18.9. The second kappa shape index (κ2) is 6.06. The predicted octanol–water partition coefficient (Wildman–Crippen LogP) is 3.68. The Kier molecular flexibility index (Phi) is 4.57. The standard InChI is InChI=1S/C16H22ClN3O/c1-6-19(5)16(21)12(4)20-13-9-7-8-10(2)14(13)18-15(20)11(3)17/h7-9,11-12H,6H2,1-5H3. The van der Waals surface area contributed by atoms with Gasteiger partial charge in [0.15, 0.2) is 0 Å². The first kappa shape index (κ1) is 15.8. The number of carbonyl (C=O) groups is 1. The Hall–Kier alpha value is -1.55. The zero-order chi connectivity index (χ0) is 15.7. The van der Waals surface area contributed by atoms with Crippen LogP contribution in [0.5, 0.6) is 0 Å². The Morgan fingerprint density at radius 3 is 2.67 bits per heavy atom. The Balaban J connectivity index is 2.63. The van der Waals surface area contributed by atoms with Crippen LogP contribution in [0.2, 0.25) is 0 Å². The molecule has 0 aliphatic heterocycles. The lowest BCUT2D eigenvalue weighted by molar-refractivity contribution is -0.132. The maximum Gasteiger partial charge on any atom is 0.245 e. The molecule has 2 aromatic rings. The molecule has 0 saturated carbocycles. The first-order valence-corrected chi connectivity index (χ1v) is 7.68. The molecule has 4 nitrogen and oxygen atoms in total. The molecule has 0 saturated heterocycles. The summed E-state index contributed by atoms with van der Waals surface area (Å²) in [6.45, 7) is 8.45. The second-order valence-electron chi connectivity index (χ2n) is 5.43. The van der Waals surface area contributed by atoms with Crippen LogP contribution >= 0.6 is 11.6 Å². The van der Waals surface area contributed by atoms with Crippen molar-refractivity contribution < 1.29 is 4.79 Å². The molecule has 2 atom stereocenters. The van der Waals surface area contributed by atoms with Gasteiger partial charge in [-0.05, 0) is 39.3 Å². The van der Waals surface area contributed by atoms with Gasteiger partial charge in [0, 0.05) is 13.6 Å². The molecule has 0 aliphatic carbocycles. The van der Waals surface area contributed by atoms with E-state index in [1.165, 1.54) is 0 Å². The van der Waals surface area contributed by atoms with Crippen LogP contribution in [0.25, 0.3) is 11.0 Å². The minimum absolute atomic E-state index is 0.0665. The number of aryl methyl sites for hydroxylation is 1. The van der Waals surface area contributed by atoms with Gasteiger partial charge in [0.2, 0.25) is 5.91 Å². The summed E-state index contributed by atoms with van der Waals surface area (Å²) in [5.74, 6) is 0.809. The molecule has 2 rings (SSSR count). The third kappa shape index (κ3) is 2.77. The normalized spacial score (nSPS) is 14.2. The van der Waals surface area contributed by atoms with Crippen molar-refractivity contribution in [2.45, 2.75) is 39.1 Å². The molecule has 1 aromatic carbocycles. The highest BCUT2D eigenvalue weighted by molar-refractivity contribution is 6.20. The van der Waals surface area contributed by atoms with Gasteiger partial charge in [-0.15, -0.1) is 11.6 Å². The van der Waals surface area contributed by atoms with Crippen molar-refractivity contribution >= 4 is 28.5 Å². The van der Waals surface area contributed by atoms with E-state index in [9.17, 15) is 4.79 Å². The largest absolute Gasteiger partial charge is 0.344 e. The fourth-order valence-corrected chi connectivity index (χ4v) is 2.70. The van der Waals surface area contributed by atoms with Crippen molar-refractivity contribution in [3.8, 4) is 0 Å². The van der Waals surface area contributed by atoms with E-state index < -0.39 is 0 Å². The van der Waals surface area contributed by atoms with E-state index in [4.69, 9.17) is 11.6 Å². The van der Waals surface area contributed by atoms with Gasteiger partial charge < -0.3 is 9.47 Å². The van der Waals surface area contributed by atoms with E-state index >= 15 is 0 Å². The van der Waals surface area contributed by atoms with Crippen LogP contribution in [-0.2, 0) is 4.79 Å². The Labute approximate surface area is 130 Å². The number of carbonyl (C=O) groups excluding carboxylic acids is 1. The monoisotopic (exact) mass is 307 g/mol. The number of para-hydroxylation sites is 1. The number of benzene rings is 1. The average molecular weight is 308 g/mol. The quantitative estimate of drug-likeness (QED) is 0.808. The summed E-state index contributed by atoms with van der Waals surface area (Å²) in [6, 6.07) is 5.68. The first-order valence-electron chi connectivity index (χ1n) is 7.25. The second-order valence-corrected chi connectivity index (χ2v) is 6.08. The van der Waals surface area contributed by atoms with Gasteiger partial charge in [0.05, 0.1) is 16.4 Å². The number of nitrogens with zero attached hydrogens (tertiary/aromatic N) is 3. The lowest BCUT2D eigenvalue weighted by Crippen LogP contribution is -2.33. The topological polar surface area (TPSA) is 38.1 Å². The van der Waals surface area contributed by atoms with E-state index in [2.05, 4.69) is 4.98 Å². The predicted molar refractivity (Wildman–Crippen MR) is 86.8 cm³/mol. The molecule has 0 spiro atoms. The summed E-state index contributed by atoms with van der Waals surface area (Å²) in [7, 11) is 1.81. The van der Waals surface area contributed by atoms with Gasteiger partial charge in [0.25, 0.3) is 0 Å². The zero-order valence-corrected chi connectivity index (χ0v) is 14.0. The highest BCUT2D eigenvalue weighted by atomic mass is 35.5. The molecule has 114 valence electrons. The van der Waals surface area contributed by atoms with Crippen molar-refractivity contribution in [3.63, 3.8) is 0 Å². The van der Waals surface area contributed by atoms with Crippen LogP contribution in [0, 0.1) is 6.92 Å². The zero-order valence-electron chi connectivity index (χ0n) is 13.2. The Morgan fingerprint density at radius 2 is 2.10 bits per heavy atom. The fraction of sp³-hybridized carbons (Fsp3) is 0.500. The van der Waals surface area contributed by atoms with E-state index in [-0.39, 0.29) is 17.3 Å². The number of amides is 1. The maximum absolute atomic E-state index is 12.5. The number of hydrogen-bond acceptors (Lipinski definition) is 2. The first-order chi connectivity index (χ1) is 9.88. The highest BCUT2D eigenvalue weighted by Crippen LogP contribution is 2.30. The number of aromatic nitrogens is 2. The lowest BCUT2D eigenvalue weighted by atomic mass is 10.2. The summed E-state index contributed by atoms with van der Waals surface area (Å²) in [5, 5.41) is -0.251. The summed E-state index contributed by atoms with van der Waals surface area (Å²) < 4.78 is 1.97. The van der Waals surface area contributed by atoms with E-state index in [1.54, 1.807) is 4.90 Å². The molecule has 2 unspecified atom stereocenters. The molecular weight excluding hydrogens is 286 g/mol. The van der Waals surface area contributed by atoms with Gasteiger partial charge >= 0.3 is 0 Å². The molecule has 21 heavy (non-hydrogen) atoms. The van der Waals surface area contributed by atoms with Gasteiger partial charge in [-0.1, -0.05) is 12.1 Å². The summed E-state index contributed by atoms with van der Waals surface area (Å²) in [5.41, 5.74) is 2.97. The third-order valence-electron chi connectivity index (χ3n) is 3.90. The number of imidazole rings is 1. The smallest absolute Gasteiger partial charge is 0.245 e. The molecule has 1 heterocycles. The van der Waals surface area contributed by atoms with Gasteiger partial charge in [-0.25, -0.2) is 4.98 Å². The van der Waals surface area contributed by atoms with Crippen LogP contribution in [0.1, 0.15) is 43.6 Å². The van der Waals surface area contributed by atoms with Crippen molar-refractivity contribution in [2.75, 3.05) is 13.6 Å². The van der Waals surface area contributed by atoms with Gasteiger partial charge in [-0.2, -0.15) is 0 Å². The molecule has 1 amide bonds. The summed E-state index contributed by atoms with van der Waals surface area (Å²) >= 11 is 6.29. The van der Waals surface area contributed by atoms with E-state index in [1.807, 2.05) is 57.5 Å². The highest BCUT2D eigenvalue weighted by Gasteiger charge is 2.25. The molecule has 0 fully saturated rings. The lowest BCUT2D eigenvalue weighted by Gasteiger charge is -2.23. The van der Waals surface area contributed by atoms with Crippen LogP contribution in [0.15, 0.2) is 18.2 Å². The van der Waals surface area contributed by atoms with E-state index in [0.29, 0.717) is 6.54 Å². The SMILES string of the molecule is CCN(C)C(=O)C(C)n1c(C(C)Cl)nc2c(C)cccc21. The molecule has 5 heteroatoms. The number of hydrogen-bond donors (Lipinski definition) is 0. The Morgan fingerprint density at radius 1 is 1.43 bits per heavy atom. The Bertz CT molecular complexity index is 663. The average Bonchev–Trinajstić information content (AvgIpc) is 2.86. The van der Waals surface area contributed by atoms with Crippen molar-refractivity contribution in [1.82, 2.24) is 14.5 Å². The number of fused-ring (bicyclic) bond motifs is 1. The molecule has 0 radical (unpaired) electrons. The molecular formula is C16H22ClN3O. The third-order valence-corrected chi connectivity index (χ3v) is 4.10. The van der Waals surface area contributed by atoms with Crippen molar-refractivity contribution in [1.29, 1.82) is 0 Å². The van der Waals surface area contributed by atoms with Crippen LogP contribution in [-0.4, -0.2) is 34.0 Å². The van der Waals surface area contributed by atoms with Crippen molar-refractivity contribution in [3.05, 3.63) is 29.6 Å².